The van der Waals surface area contributed by atoms with Gasteiger partial charge in [0.1, 0.15) is 17.5 Å². The number of rotatable bonds is 3. The van der Waals surface area contributed by atoms with Crippen LogP contribution >= 0.6 is 31.9 Å². The lowest BCUT2D eigenvalue weighted by atomic mass is 10.0. The van der Waals surface area contributed by atoms with Crippen LogP contribution < -0.4 is 0 Å². The summed E-state index contributed by atoms with van der Waals surface area (Å²) in [7, 11) is 0. The van der Waals surface area contributed by atoms with Crippen LogP contribution in [0.5, 0.6) is 0 Å². The molecule has 0 aliphatic carbocycles. The summed E-state index contributed by atoms with van der Waals surface area (Å²) in [6.45, 7) is 0. The molecule has 2 aromatic rings. The summed E-state index contributed by atoms with van der Waals surface area (Å²) < 4.78 is 41.5. The molecule has 0 heterocycles. The highest BCUT2D eigenvalue weighted by atomic mass is 79.9. The SMILES string of the molecule is OC(Cc1c(F)ccc(Br)c1F)c1cccc(Br)c1F. The van der Waals surface area contributed by atoms with Gasteiger partial charge in [0.2, 0.25) is 0 Å². The standard InChI is InChI=1S/C14H9Br2F3O/c15-9-3-1-2-7(13(9)18)12(20)6-8-11(17)5-4-10(16)14(8)19/h1-5,12,20H,6H2. The zero-order chi connectivity index (χ0) is 14.9. The molecule has 1 N–H and O–H groups in total. The van der Waals surface area contributed by atoms with Crippen LogP contribution in [-0.2, 0) is 6.42 Å². The van der Waals surface area contributed by atoms with Crippen LogP contribution in [0.25, 0.3) is 0 Å². The van der Waals surface area contributed by atoms with Crippen LogP contribution in [0, 0.1) is 17.5 Å². The topological polar surface area (TPSA) is 20.2 Å². The van der Waals surface area contributed by atoms with Gasteiger partial charge in [-0.15, -0.1) is 0 Å². The van der Waals surface area contributed by atoms with Crippen LogP contribution in [0.4, 0.5) is 13.2 Å². The van der Waals surface area contributed by atoms with E-state index in [1.54, 1.807) is 6.07 Å². The van der Waals surface area contributed by atoms with Gasteiger partial charge in [0.25, 0.3) is 0 Å². The highest BCUT2D eigenvalue weighted by Gasteiger charge is 2.20. The molecule has 0 radical (unpaired) electrons. The molecule has 0 aliphatic rings. The summed E-state index contributed by atoms with van der Waals surface area (Å²) in [5.41, 5.74) is -0.301. The maximum Gasteiger partial charge on any atom is 0.143 e. The fourth-order valence-electron chi connectivity index (χ4n) is 1.84. The molecule has 0 spiro atoms. The predicted octanol–water partition coefficient (Wildman–Crippen LogP) is 4.91. The minimum atomic E-state index is -1.34. The first-order chi connectivity index (χ1) is 9.41. The van der Waals surface area contributed by atoms with Crippen LogP contribution in [0.3, 0.4) is 0 Å². The summed E-state index contributed by atoms with van der Waals surface area (Å²) in [5.74, 6) is -2.21. The van der Waals surface area contributed by atoms with Gasteiger partial charge in [-0.1, -0.05) is 12.1 Å². The Morgan fingerprint density at radius 2 is 1.60 bits per heavy atom. The summed E-state index contributed by atoms with van der Waals surface area (Å²) in [6, 6.07) is 6.72. The molecule has 20 heavy (non-hydrogen) atoms. The van der Waals surface area contributed by atoms with E-state index in [1.165, 1.54) is 18.2 Å². The van der Waals surface area contributed by atoms with E-state index in [9.17, 15) is 18.3 Å². The zero-order valence-corrected chi connectivity index (χ0v) is 13.2. The van der Waals surface area contributed by atoms with Crippen molar-refractivity contribution < 1.29 is 18.3 Å². The van der Waals surface area contributed by atoms with E-state index in [1.807, 2.05) is 0 Å². The van der Waals surface area contributed by atoms with Crippen LogP contribution in [0.2, 0.25) is 0 Å². The maximum absolute atomic E-state index is 13.8. The first-order valence-corrected chi connectivity index (χ1v) is 7.24. The molecule has 0 aliphatic heterocycles. The van der Waals surface area contributed by atoms with E-state index < -0.39 is 23.6 Å². The molecule has 1 nitrogen and oxygen atoms in total. The Morgan fingerprint density at radius 1 is 0.950 bits per heavy atom. The van der Waals surface area contributed by atoms with Gasteiger partial charge in [-0.05, 0) is 50.1 Å². The van der Waals surface area contributed by atoms with Crippen molar-refractivity contribution in [2.24, 2.45) is 0 Å². The first kappa shape index (κ1) is 15.5. The largest absolute Gasteiger partial charge is 0.388 e. The monoisotopic (exact) mass is 408 g/mol. The van der Waals surface area contributed by atoms with Crippen molar-refractivity contribution in [2.75, 3.05) is 0 Å². The third-order valence-corrected chi connectivity index (χ3v) is 4.10. The van der Waals surface area contributed by atoms with Gasteiger partial charge in [-0.3, -0.25) is 0 Å². The fourth-order valence-corrected chi connectivity index (χ4v) is 2.59. The lowest BCUT2D eigenvalue weighted by Crippen LogP contribution is -2.08. The Bertz CT molecular complexity index is 647. The van der Waals surface area contributed by atoms with Gasteiger partial charge in [-0.2, -0.15) is 0 Å². The smallest absolute Gasteiger partial charge is 0.143 e. The Labute approximate surface area is 130 Å². The molecule has 0 saturated heterocycles. The normalized spacial score (nSPS) is 12.5. The molecule has 0 amide bonds. The maximum atomic E-state index is 13.8. The van der Waals surface area contributed by atoms with E-state index >= 15 is 0 Å². The lowest BCUT2D eigenvalue weighted by molar-refractivity contribution is 0.170. The number of aliphatic hydroxyl groups is 1. The van der Waals surface area contributed by atoms with Crippen LogP contribution in [-0.4, -0.2) is 5.11 Å². The van der Waals surface area contributed by atoms with Crippen molar-refractivity contribution in [3.63, 3.8) is 0 Å². The van der Waals surface area contributed by atoms with E-state index in [2.05, 4.69) is 31.9 Å². The molecule has 106 valence electrons. The molecular weight excluding hydrogens is 401 g/mol. The highest BCUT2D eigenvalue weighted by molar-refractivity contribution is 9.10. The third-order valence-electron chi connectivity index (χ3n) is 2.88. The summed E-state index contributed by atoms with van der Waals surface area (Å²) in [5, 5.41) is 10.0. The van der Waals surface area contributed by atoms with Gasteiger partial charge in [0.05, 0.1) is 15.0 Å². The zero-order valence-electron chi connectivity index (χ0n) is 10.0. The van der Waals surface area contributed by atoms with Gasteiger partial charge in [0.15, 0.2) is 0 Å². The Hall–Kier alpha value is -0.850. The molecule has 0 aromatic heterocycles. The number of hydrogen-bond donors (Lipinski definition) is 1. The number of benzene rings is 2. The second-order valence-corrected chi connectivity index (χ2v) is 5.89. The molecule has 1 atom stereocenters. The molecule has 2 rings (SSSR count). The van der Waals surface area contributed by atoms with Crippen molar-refractivity contribution in [3.05, 3.63) is 67.9 Å². The average Bonchev–Trinajstić information content (AvgIpc) is 2.42. The van der Waals surface area contributed by atoms with Crippen molar-refractivity contribution in [3.8, 4) is 0 Å². The summed E-state index contributed by atoms with van der Waals surface area (Å²) in [4.78, 5) is 0. The summed E-state index contributed by atoms with van der Waals surface area (Å²) in [6.07, 6.45) is -1.70. The quantitative estimate of drug-likeness (QED) is 0.714. The summed E-state index contributed by atoms with van der Waals surface area (Å²) >= 11 is 5.95. The van der Waals surface area contributed by atoms with Gasteiger partial charge in [-0.25, -0.2) is 13.2 Å². The molecule has 0 saturated carbocycles. The second kappa shape index (κ2) is 6.28. The minimum Gasteiger partial charge on any atom is -0.388 e. The van der Waals surface area contributed by atoms with E-state index in [-0.39, 0.29) is 26.5 Å². The van der Waals surface area contributed by atoms with Crippen LogP contribution in [0.1, 0.15) is 17.2 Å². The Kier molecular flexibility index (Phi) is 4.88. The van der Waals surface area contributed by atoms with Gasteiger partial charge in [0, 0.05) is 17.5 Å². The highest BCUT2D eigenvalue weighted by Crippen LogP contribution is 2.29. The van der Waals surface area contributed by atoms with Crippen molar-refractivity contribution >= 4 is 31.9 Å². The second-order valence-electron chi connectivity index (χ2n) is 4.18. The van der Waals surface area contributed by atoms with Crippen molar-refractivity contribution in [1.29, 1.82) is 0 Å². The van der Waals surface area contributed by atoms with E-state index in [0.717, 1.165) is 6.07 Å². The minimum absolute atomic E-state index is 0.0156. The first-order valence-electron chi connectivity index (χ1n) is 5.66. The molecule has 6 heteroatoms. The molecular formula is C14H9Br2F3O. The van der Waals surface area contributed by atoms with Gasteiger partial charge < -0.3 is 5.11 Å². The number of aliphatic hydroxyl groups excluding tert-OH is 1. The van der Waals surface area contributed by atoms with Crippen LogP contribution in [0.15, 0.2) is 39.3 Å². The molecule has 0 bridgehead atoms. The lowest BCUT2D eigenvalue weighted by Gasteiger charge is -2.14. The molecule has 1 unspecified atom stereocenters. The van der Waals surface area contributed by atoms with E-state index in [0.29, 0.717) is 0 Å². The Morgan fingerprint density at radius 3 is 2.30 bits per heavy atom. The molecule has 0 fully saturated rings. The van der Waals surface area contributed by atoms with E-state index in [4.69, 9.17) is 0 Å². The van der Waals surface area contributed by atoms with Gasteiger partial charge >= 0.3 is 0 Å². The number of hydrogen-bond acceptors (Lipinski definition) is 1. The average molecular weight is 410 g/mol. The number of halogens is 5. The Balaban J connectivity index is 2.35. The fraction of sp³-hybridized carbons (Fsp3) is 0.143. The van der Waals surface area contributed by atoms with Crippen molar-refractivity contribution in [1.82, 2.24) is 0 Å². The third kappa shape index (κ3) is 3.07. The molecule has 2 aromatic carbocycles. The predicted molar refractivity (Wildman–Crippen MR) is 76.8 cm³/mol. The van der Waals surface area contributed by atoms with Crippen molar-refractivity contribution in [2.45, 2.75) is 12.5 Å².